The summed E-state index contributed by atoms with van der Waals surface area (Å²) in [6.07, 6.45) is 56.5. The van der Waals surface area contributed by atoms with E-state index >= 15 is 0 Å². The smallest absolute Gasteiger partial charge is 0.309 e. The highest BCUT2D eigenvalue weighted by Crippen LogP contribution is 2.20. The third kappa shape index (κ3) is 44.9. The fraction of sp³-hybridized carbons (Fsp3) is 0.950. The minimum atomic E-state index is -0.800. The van der Waals surface area contributed by atoms with Crippen LogP contribution in [0.4, 0.5) is 0 Å². The zero-order chi connectivity index (χ0) is 48.4. The van der Waals surface area contributed by atoms with Crippen molar-refractivity contribution in [1.82, 2.24) is 0 Å². The fourth-order valence-corrected chi connectivity index (χ4v) is 9.32. The van der Waals surface area contributed by atoms with E-state index in [1.807, 2.05) is 20.8 Å². The fourth-order valence-electron chi connectivity index (χ4n) is 9.32. The lowest BCUT2D eigenvalue weighted by molar-refractivity contribution is -0.171. The van der Waals surface area contributed by atoms with Gasteiger partial charge in [-0.3, -0.25) is 14.4 Å². The lowest BCUT2D eigenvalue weighted by atomic mass is 10.0. The van der Waals surface area contributed by atoms with Gasteiger partial charge in [0.25, 0.3) is 0 Å². The van der Waals surface area contributed by atoms with Gasteiger partial charge in [-0.15, -0.1) is 0 Å². The first-order valence-corrected chi connectivity index (χ1v) is 29.8. The molecule has 392 valence electrons. The summed E-state index contributed by atoms with van der Waals surface area (Å²) in [6, 6.07) is 0. The maximum Gasteiger partial charge on any atom is 0.309 e. The van der Waals surface area contributed by atoms with Crippen molar-refractivity contribution < 1.29 is 28.6 Å². The van der Waals surface area contributed by atoms with Gasteiger partial charge in [0, 0.05) is 0 Å². The van der Waals surface area contributed by atoms with Crippen molar-refractivity contribution in [3.05, 3.63) is 0 Å². The standard InChI is InChI=1S/C60H116O6/c1-7-10-13-16-19-22-25-28-31-34-37-40-43-46-49-54(4)58(61)64-52-57(66-60(63)56(6)51-48-45-42-39-36-33-30-27-24-21-18-15-12-9-3)53-65-59(62)55(5)50-47-44-41-38-35-32-29-26-23-20-17-14-11-8-2/h54-57H,7-53H2,1-6H3/t54-,55-,56-/m0/s1. The highest BCUT2D eigenvalue weighted by atomic mass is 16.6. The molecular weight excluding hydrogens is 817 g/mol. The molecule has 0 amide bonds. The van der Waals surface area contributed by atoms with Crippen molar-refractivity contribution in [2.24, 2.45) is 17.8 Å². The Labute approximate surface area is 412 Å². The SMILES string of the molecule is CCCCCCCCCCCCCCCC[C@H](C)C(=O)OCC(COC(=O)[C@@H](C)CCCCCCCCCCCCCCCC)OC(=O)[C@@H](C)CCCCCCCCCCCCCCCC. The Morgan fingerprint density at radius 2 is 0.455 bits per heavy atom. The number of esters is 3. The van der Waals surface area contributed by atoms with Gasteiger partial charge < -0.3 is 14.2 Å². The second kappa shape index (κ2) is 51.3. The molecule has 0 aromatic rings. The van der Waals surface area contributed by atoms with Gasteiger partial charge in [0.05, 0.1) is 17.8 Å². The van der Waals surface area contributed by atoms with Gasteiger partial charge in [-0.1, -0.05) is 311 Å². The molecule has 0 heterocycles. The van der Waals surface area contributed by atoms with Crippen LogP contribution in [0, 0.1) is 17.8 Å². The van der Waals surface area contributed by atoms with Crippen LogP contribution in [0.1, 0.15) is 330 Å². The van der Waals surface area contributed by atoms with Gasteiger partial charge >= 0.3 is 17.9 Å². The molecule has 0 fully saturated rings. The number of hydrogen-bond acceptors (Lipinski definition) is 6. The summed E-state index contributed by atoms with van der Waals surface area (Å²) >= 11 is 0. The van der Waals surface area contributed by atoms with Gasteiger partial charge in [-0.2, -0.15) is 0 Å². The average molecular weight is 934 g/mol. The maximum absolute atomic E-state index is 13.3. The molecule has 0 aromatic heterocycles. The predicted octanol–water partition coefficient (Wildman–Crippen LogP) is 19.5. The van der Waals surface area contributed by atoms with Gasteiger partial charge in [-0.05, 0) is 19.3 Å². The van der Waals surface area contributed by atoms with E-state index in [9.17, 15) is 14.4 Å². The number of carbonyl (C=O) groups is 3. The van der Waals surface area contributed by atoms with Crippen LogP contribution in [-0.2, 0) is 28.6 Å². The summed E-state index contributed by atoms with van der Waals surface area (Å²) in [5.74, 6) is -1.52. The highest BCUT2D eigenvalue weighted by molar-refractivity contribution is 5.73. The third-order valence-corrected chi connectivity index (χ3v) is 14.3. The molecule has 0 rings (SSSR count). The van der Waals surface area contributed by atoms with Crippen LogP contribution in [0.2, 0.25) is 0 Å². The monoisotopic (exact) mass is 933 g/mol. The van der Waals surface area contributed by atoms with Gasteiger partial charge in [-0.25, -0.2) is 0 Å². The Morgan fingerprint density at radius 1 is 0.273 bits per heavy atom. The lowest BCUT2D eigenvalue weighted by Crippen LogP contribution is -2.34. The first-order chi connectivity index (χ1) is 32.3. The second-order valence-electron chi connectivity index (χ2n) is 21.2. The molecule has 6 heteroatoms. The van der Waals surface area contributed by atoms with E-state index in [1.165, 1.54) is 231 Å². The summed E-state index contributed by atoms with van der Waals surface area (Å²) in [4.78, 5) is 39.4. The molecule has 0 saturated carbocycles. The summed E-state index contributed by atoms with van der Waals surface area (Å²) in [5.41, 5.74) is 0. The van der Waals surface area contributed by atoms with E-state index in [1.54, 1.807) is 0 Å². The molecule has 0 spiro atoms. The van der Waals surface area contributed by atoms with Crippen molar-refractivity contribution in [2.45, 2.75) is 337 Å². The van der Waals surface area contributed by atoms with Gasteiger partial charge in [0.2, 0.25) is 0 Å². The number of hydrogen-bond donors (Lipinski definition) is 0. The summed E-state index contributed by atoms with van der Waals surface area (Å²) in [6.45, 7) is 12.5. The van der Waals surface area contributed by atoms with Crippen molar-refractivity contribution in [2.75, 3.05) is 13.2 Å². The van der Waals surface area contributed by atoms with E-state index in [2.05, 4.69) is 20.8 Å². The van der Waals surface area contributed by atoms with E-state index in [-0.39, 0.29) is 48.9 Å². The van der Waals surface area contributed by atoms with Crippen LogP contribution in [0.25, 0.3) is 0 Å². The average Bonchev–Trinajstić information content (AvgIpc) is 3.32. The van der Waals surface area contributed by atoms with E-state index < -0.39 is 6.10 Å². The molecule has 0 aliphatic carbocycles. The quantitative estimate of drug-likeness (QED) is 0.0343. The normalized spacial score (nSPS) is 13.0. The van der Waals surface area contributed by atoms with Crippen molar-refractivity contribution in [1.29, 1.82) is 0 Å². The third-order valence-electron chi connectivity index (χ3n) is 14.3. The van der Waals surface area contributed by atoms with E-state index in [4.69, 9.17) is 14.2 Å². The molecule has 6 nitrogen and oxygen atoms in total. The van der Waals surface area contributed by atoms with Crippen LogP contribution in [0.3, 0.4) is 0 Å². The molecule has 0 radical (unpaired) electrons. The minimum absolute atomic E-state index is 0.0835. The molecule has 0 aliphatic heterocycles. The van der Waals surface area contributed by atoms with E-state index in [0.717, 1.165) is 57.8 Å². The zero-order valence-electron chi connectivity index (χ0n) is 45.5. The van der Waals surface area contributed by atoms with Gasteiger partial charge in [0.15, 0.2) is 6.10 Å². The molecule has 0 bridgehead atoms. The predicted molar refractivity (Wildman–Crippen MR) is 284 cm³/mol. The maximum atomic E-state index is 13.3. The lowest BCUT2D eigenvalue weighted by Gasteiger charge is -2.22. The molecular formula is C60H116O6. The Morgan fingerprint density at radius 3 is 0.667 bits per heavy atom. The molecule has 66 heavy (non-hydrogen) atoms. The Balaban J connectivity index is 4.61. The molecule has 0 aromatic carbocycles. The van der Waals surface area contributed by atoms with Crippen LogP contribution in [0.15, 0.2) is 0 Å². The van der Waals surface area contributed by atoms with Crippen LogP contribution >= 0.6 is 0 Å². The van der Waals surface area contributed by atoms with Gasteiger partial charge in [0.1, 0.15) is 13.2 Å². The number of ether oxygens (including phenoxy) is 3. The van der Waals surface area contributed by atoms with Crippen LogP contribution in [-0.4, -0.2) is 37.2 Å². The number of unbranched alkanes of at least 4 members (excludes halogenated alkanes) is 39. The Kier molecular flexibility index (Phi) is 50.0. The number of rotatable bonds is 53. The molecule has 0 N–H and O–H groups in total. The molecule has 0 aliphatic rings. The highest BCUT2D eigenvalue weighted by Gasteiger charge is 2.25. The van der Waals surface area contributed by atoms with E-state index in [0.29, 0.717) is 0 Å². The Hall–Kier alpha value is -1.59. The summed E-state index contributed by atoms with van der Waals surface area (Å²) in [7, 11) is 0. The summed E-state index contributed by atoms with van der Waals surface area (Å²) in [5, 5.41) is 0. The minimum Gasteiger partial charge on any atom is -0.461 e. The second-order valence-corrected chi connectivity index (χ2v) is 21.2. The Bertz CT molecular complexity index is 975. The first kappa shape index (κ1) is 64.4. The molecule has 0 saturated heterocycles. The topological polar surface area (TPSA) is 78.9 Å². The van der Waals surface area contributed by atoms with Crippen molar-refractivity contribution in [3.63, 3.8) is 0 Å². The van der Waals surface area contributed by atoms with Crippen molar-refractivity contribution in [3.8, 4) is 0 Å². The van der Waals surface area contributed by atoms with Crippen molar-refractivity contribution >= 4 is 17.9 Å². The van der Waals surface area contributed by atoms with Crippen LogP contribution < -0.4 is 0 Å². The molecule has 0 unspecified atom stereocenters. The largest absolute Gasteiger partial charge is 0.461 e. The van der Waals surface area contributed by atoms with Crippen LogP contribution in [0.5, 0.6) is 0 Å². The number of carbonyl (C=O) groups excluding carboxylic acids is 3. The summed E-state index contributed by atoms with van der Waals surface area (Å²) < 4.78 is 17.4. The first-order valence-electron chi connectivity index (χ1n) is 29.8. The zero-order valence-corrected chi connectivity index (χ0v) is 45.5. The molecule has 3 atom stereocenters.